The van der Waals surface area contributed by atoms with E-state index < -0.39 is 16.1 Å². The van der Waals surface area contributed by atoms with E-state index in [9.17, 15) is 9.66 Å². The fourth-order valence-electron chi connectivity index (χ4n) is 2.61. The molecule has 1 aliphatic heterocycles. The van der Waals surface area contributed by atoms with Gasteiger partial charge in [0.2, 0.25) is 0 Å². The molecule has 0 amide bonds. The van der Waals surface area contributed by atoms with Gasteiger partial charge < -0.3 is 19.3 Å². The molecule has 1 unspecified atom stereocenters. The standard InChI is InChI=1S/C19H24N2O3S2/c1-19(2,3)26(23)20-18(14-6-11-25-13-14)16-5-4-15(12-17(16)22)21-7-9-24-10-8-21/h4-6,11-13,22H,7-10H2,1-3H3. The van der Waals surface area contributed by atoms with Crippen molar-refractivity contribution >= 4 is 34.1 Å². The first-order valence-corrected chi connectivity index (χ1v) is 10.6. The van der Waals surface area contributed by atoms with Gasteiger partial charge >= 0.3 is 0 Å². The fraction of sp³-hybridized carbons (Fsp3) is 0.421. The molecular formula is C19H24N2O3S2. The minimum atomic E-state index is -1.42. The van der Waals surface area contributed by atoms with Crippen LogP contribution >= 0.6 is 11.3 Å². The van der Waals surface area contributed by atoms with Crippen molar-refractivity contribution in [3.63, 3.8) is 0 Å². The molecule has 1 N–H and O–H groups in total. The number of benzene rings is 1. The zero-order chi connectivity index (χ0) is 18.7. The molecule has 3 rings (SSSR count). The summed E-state index contributed by atoms with van der Waals surface area (Å²) in [4.78, 5) is 2.18. The van der Waals surface area contributed by atoms with Crippen molar-refractivity contribution < 1.29 is 14.4 Å². The monoisotopic (exact) mass is 392 g/mol. The first kappa shape index (κ1) is 19.2. The lowest BCUT2D eigenvalue weighted by atomic mass is 10.0. The second-order valence-corrected chi connectivity index (χ2v) is 9.80. The van der Waals surface area contributed by atoms with E-state index >= 15 is 0 Å². The molecule has 1 aliphatic rings. The van der Waals surface area contributed by atoms with Crippen LogP contribution in [-0.4, -0.2) is 46.4 Å². The number of rotatable bonds is 4. The van der Waals surface area contributed by atoms with Crippen molar-refractivity contribution in [1.82, 2.24) is 0 Å². The average molecular weight is 393 g/mol. The van der Waals surface area contributed by atoms with Crippen LogP contribution in [0.5, 0.6) is 5.75 Å². The van der Waals surface area contributed by atoms with E-state index in [1.54, 1.807) is 17.4 Å². The van der Waals surface area contributed by atoms with E-state index in [0.29, 0.717) is 24.5 Å². The summed E-state index contributed by atoms with van der Waals surface area (Å²) in [5.74, 6) is 0.143. The van der Waals surface area contributed by atoms with Crippen molar-refractivity contribution in [3.05, 3.63) is 46.2 Å². The Morgan fingerprint density at radius 1 is 1.27 bits per heavy atom. The Kier molecular flexibility index (Phi) is 5.92. The van der Waals surface area contributed by atoms with Crippen LogP contribution in [0, 0.1) is 0 Å². The van der Waals surface area contributed by atoms with Gasteiger partial charge in [-0.3, -0.25) is 0 Å². The van der Waals surface area contributed by atoms with Gasteiger partial charge in [0, 0.05) is 41.4 Å². The third-order valence-corrected chi connectivity index (χ3v) is 6.18. The van der Waals surface area contributed by atoms with Gasteiger partial charge in [-0.25, -0.2) is 0 Å². The number of phenolic OH excluding ortho intramolecular Hbond substituents is 1. The van der Waals surface area contributed by atoms with Gasteiger partial charge in [0.05, 0.1) is 13.2 Å². The number of thiophene rings is 1. The van der Waals surface area contributed by atoms with Crippen LogP contribution in [0.3, 0.4) is 0 Å². The highest BCUT2D eigenvalue weighted by atomic mass is 32.2. The number of nitrogens with zero attached hydrogens (tertiary/aromatic N) is 2. The maximum atomic E-state index is 12.6. The first-order valence-electron chi connectivity index (χ1n) is 8.55. The van der Waals surface area contributed by atoms with E-state index in [0.717, 1.165) is 24.3 Å². The van der Waals surface area contributed by atoms with Gasteiger partial charge in [-0.2, -0.15) is 11.3 Å². The van der Waals surface area contributed by atoms with Gasteiger partial charge in [-0.1, -0.05) is 4.40 Å². The Bertz CT molecular complexity index is 764. The molecule has 1 aromatic carbocycles. The minimum absolute atomic E-state index is 0.143. The van der Waals surface area contributed by atoms with Gasteiger partial charge in [0.1, 0.15) is 27.6 Å². The lowest BCUT2D eigenvalue weighted by Crippen LogP contribution is -2.36. The Hall–Kier alpha value is -1.54. The number of hydrogen-bond donors (Lipinski definition) is 1. The summed E-state index contributed by atoms with van der Waals surface area (Å²) in [7, 11) is 0. The zero-order valence-electron chi connectivity index (χ0n) is 15.3. The van der Waals surface area contributed by atoms with E-state index in [-0.39, 0.29) is 5.75 Å². The van der Waals surface area contributed by atoms with Crippen LogP contribution in [0.2, 0.25) is 0 Å². The van der Waals surface area contributed by atoms with E-state index in [4.69, 9.17) is 4.74 Å². The largest absolute Gasteiger partial charge is 0.591 e. The topological polar surface area (TPSA) is 68.1 Å². The van der Waals surface area contributed by atoms with Crippen LogP contribution in [0.4, 0.5) is 5.69 Å². The highest BCUT2D eigenvalue weighted by molar-refractivity contribution is 7.91. The predicted octanol–water partition coefficient (Wildman–Crippen LogP) is 3.59. The molecule has 7 heteroatoms. The molecule has 5 nitrogen and oxygen atoms in total. The minimum Gasteiger partial charge on any atom is -0.591 e. The molecule has 140 valence electrons. The highest BCUT2D eigenvalue weighted by Gasteiger charge is 2.28. The summed E-state index contributed by atoms with van der Waals surface area (Å²) in [6.07, 6.45) is 0. The Labute approximate surface area is 161 Å². The quantitative estimate of drug-likeness (QED) is 0.638. The second-order valence-electron chi connectivity index (χ2n) is 7.11. The number of aromatic hydroxyl groups is 1. The number of anilines is 1. The Balaban J connectivity index is 1.98. The average Bonchev–Trinajstić information content (AvgIpc) is 3.14. The summed E-state index contributed by atoms with van der Waals surface area (Å²) < 4.78 is 22.0. The first-order chi connectivity index (χ1) is 12.4. The molecule has 1 fully saturated rings. The van der Waals surface area contributed by atoms with Gasteiger partial charge in [-0.15, -0.1) is 0 Å². The summed E-state index contributed by atoms with van der Waals surface area (Å²) in [6, 6.07) is 7.51. The van der Waals surface area contributed by atoms with Gasteiger partial charge in [-0.05, 0) is 44.4 Å². The molecule has 2 aromatic rings. The maximum absolute atomic E-state index is 12.6. The molecule has 1 saturated heterocycles. The van der Waals surface area contributed by atoms with Crippen LogP contribution in [-0.2, 0) is 16.1 Å². The lowest BCUT2D eigenvalue weighted by Gasteiger charge is -2.29. The summed E-state index contributed by atoms with van der Waals surface area (Å²) in [6.45, 7) is 8.65. The SMILES string of the molecule is CC(C)(C)[S+]([O-])N=C(c1ccsc1)c1ccc(N2CCOCC2)cc1O. The molecule has 2 heterocycles. The molecule has 1 aromatic heterocycles. The molecule has 0 radical (unpaired) electrons. The van der Waals surface area contributed by atoms with Crippen molar-refractivity contribution in [3.8, 4) is 5.75 Å². The summed E-state index contributed by atoms with van der Waals surface area (Å²) >= 11 is 0.129. The second kappa shape index (κ2) is 8.00. The molecule has 0 spiro atoms. The lowest BCUT2D eigenvalue weighted by molar-refractivity contribution is 0.122. The van der Waals surface area contributed by atoms with Crippen molar-refractivity contribution in [1.29, 1.82) is 0 Å². The molecule has 26 heavy (non-hydrogen) atoms. The van der Waals surface area contributed by atoms with E-state index in [1.807, 2.05) is 49.7 Å². The zero-order valence-corrected chi connectivity index (χ0v) is 16.9. The molecule has 0 aliphatic carbocycles. The highest BCUT2D eigenvalue weighted by Crippen LogP contribution is 2.30. The summed E-state index contributed by atoms with van der Waals surface area (Å²) in [5, 5.41) is 14.6. The normalized spacial score (nSPS) is 17.4. The van der Waals surface area contributed by atoms with Crippen LogP contribution in [0.15, 0.2) is 39.4 Å². The molecular weight excluding hydrogens is 368 g/mol. The number of phenols is 1. The number of hydrogen-bond acceptors (Lipinski definition) is 6. The fourth-order valence-corrected chi connectivity index (χ4v) is 3.90. The number of ether oxygens (including phenoxy) is 1. The molecule has 0 bridgehead atoms. The molecule has 1 atom stereocenters. The van der Waals surface area contributed by atoms with Gasteiger partial charge in [0.15, 0.2) is 0 Å². The summed E-state index contributed by atoms with van der Waals surface area (Å²) in [5.41, 5.74) is 2.97. The number of morpholine rings is 1. The third-order valence-electron chi connectivity index (χ3n) is 4.11. The van der Waals surface area contributed by atoms with Crippen molar-refractivity contribution in [2.24, 2.45) is 4.40 Å². The van der Waals surface area contributed by atoms with Crippen LogP contribution in [0.25, 0.3) is 0 Å². The van der Waals surface area contributed by atoms with E-state index in [2.05, 4.69) is 9.30 Å². The molecule has 0 saturated carbocycles. The van der Waals surface area contributed by atoms with Crippen LogP contribution < -0.4 is 4.90 Å². The van der Waals surface area contributed by atoms with Gasteiger partial charge in [0.25, 0.3) is 0 Å². The van der Waals surface area contributed by atoms with Crippen molar-refractivity contribution in [2.75, 3.05) is 31.2 Å². The Morgan fingerprint density at radius 3 is 2.58 bits per heavy atom. The van der Waals surface area contributed by atoms with Crippen LogP contribution in [0.1, 0.15) is 31.9 Å². The third kappa shape index (κ3) is 4.40. The van der Waals surface area contributed by atoms with Crippen molar-refractivity contribution in [2.45, 2.75) is 25.5 Å². The Morgan fingerprint density at radius 2 is 2.00 bits per heavy atom. The van der Waals surface area contributed by atoms with E-state index in [1.165, 1.54) is 0 Å². The smallest absolute Gasteiger partial charge is 0.144 e. The maximum Gasteiger partial charge on any atom is 0.144 e. The predicted molar refractivity (Wildman–Crippen MR) is 109 cm³/mol.